The summed E-state index contributed by atoms with van der Waals surface area (Å²) in [5.41, 5.74) is -1.07. The van der Waals surface area contributed by atoms with Crippen molar-refractivity contribution in [1.82, 2.24) is 5.32 Å². The molecule has 1 heterocycles. The zero-order valence-electron chi connectivity index (χ0n) is 10.4. The van der Waals surface area contributed by atoms with E-state index in [2.05, 4.69) is 5.32 Å². The quantitative estimate of drug-likeness (QED) is 0.801. The number of hydrogen-bond donors (Lipinski definition) is 2. The van der Waals surface area contributed by atoms with Crippen LogP contribution in [-0.2, 0) is 9.53 Å². The zero-order chi connectivity index (χ0) is 13.4. The molecule has 1 aliphatic carbocycles. The predicted molar refractivity (Wildman–Crippen MR) is 60.3 cm³/mol. The minimum Gasteiger partial charge on any atom is -0.385 e. The number of carbonyl (C=O) groups is 1. The monoisotopic (exact) mass is 263 g/mol. The molecule has 0 aromatic carbocycles. The van der Waals surface area contributed by atoms with E-state index in [9.17, 15) is 18.7 Å². The van der Waals surface area contributed by atoms with Crippen molar-refractivity contribution < 1.29 is 23.4 Å². The molecule has 0 spiro atoms. The lowest BCUT2D eigenvalue weighted by atomic mass is 9.96. The van der Waals surface area contributed by atoms with Crippen molar-refractivity contribution in [3.63, 3.8) is 0 Å². The van der Waals surface area contributed by atoms with Crippen molar-refractivity contribution in [2.75, 3.05) is 13.2 Å². The second kappa shape index (κ2) is 4.74. The molecule has 104 valence electrons. The number of aliphatic hydroxyl groups is 1. The first kappa shape index (κ1) is 13.7. The average Bonchev–Trinajstić information content (AvgIpc) is 2.81. The first-order chi connectivity index (χ1) is 8.32. The molecule has 1 saturated heterocycles. The number of rotatable bonds is 3. The molecule has 0 aromatic heterocycles. The molecule has 2 rings (SSSR count). The first-order valence-corrected chi connectivity index (χ1v) is 6.32. The van der Waals surface area contributed by atoms with Crippen molar-refractivity contribution >= 4 is 5.91 Å². The topological polar surface area (TPSA) is 58.6 Å². The summed E-state index contributed by atoms with van der Waals surface area (Å²) in [7, 11) is 0. The largest absolute Gasteiger partial charge is 0.385 e. The Balaban J connectivity index is 1.82. The number of carbonyl (C=O) groups excluding carboxylic acids is 1. The van der Waals surface area contributed by atoms with Crippen molar-refractivity contribution in [3.8, 4) is 0 Å². The number of hydrogen-bond acceptors (Lipinski definition) is 3. The summed E-state index contributed by atoms with van der Waals surface area (Å²) in [5, 5.41) is 12.7. The van der Waals surface area contributed by atoms with Gasteiger partial charge in [-0.2, -0.15) is 0 Å². The molecule has 0 radical (unpaired) electrons. The van der Waals surface area contributed by atoms with Gasteiger partial charge in [-0.1, -0.05) is 0 Å². The van der Waals surface area contributed by atoms with Crippen molar-refractivity contribution in [1.29, 1.82) is 0 Å². The lowest BCUT2D eigenvalue weighted by Crippen LogP contribution is -2.48. The van der Waals surface area contributed by atoms with Gasteiger partial charge in [0.1, 0.15) is 5.60 Å². The van der Waals surface area contributed by atoms with Crippen LogP contribution in [0, 0.1) is 5.92 Å². The van der Waals surface area contributed by atoms with Gasteiger partial charge in [0.05, 0.1) is 6.10 Å². The molecule has 2 N–H and O–H groups in total. The Morgan fingerprint density at radius 2 is 2.22 bits per heavy atom. The van der Waals surface area contributed by atoms with E-state index in [-0.39, 0.29) is 37.8 Å². The highest BCUT2D eigenvalue weighted by Crippen LogP contribution is 2.38. The van der Waals surface area contributed by atoms with Crippen LogP contribution in [-0.4, -0.2) is 41.8 Å². The van der Waals surface area contributed by atoms with Crippen LogP contribution in [0.4, 0.5) is 8.78 Å². The average molecular weight is 263 g/mol. The summed E-state index contributed by atoms with van der Waals surface area (Å²) in [5.74, 6) is -3.75. The van der Waals surface area contributed by atoms with Gasteiger partial charge in [0.15, 0.2) is 0 Å². The Labute approximate surface area is 105 Å². The Hall–Kier alpha value is -0.750. The molecule has 1 saturated carbocycles. The highest BCUT2D eigenvalue weighted by Gasteiger charge is 2.44. The number of ether oxygens (including phenoxy) is 1. The van der Waals surface area contributed by atoms with Gasteiger partial charge in [0, 0.05) is 38.3 Å². The van der Waals surface area contributed by atoms with Gasteiger partial charge >= 0.3 is 0 Å². The fraction of sp³-hybridized carbons (Fsp3) is 0.917. The summed E-state index contributed by atoms with van der Waals surface area (Å²) >= 11 is 0. The maximum Gasteiger partial charge on any atom is 0.248 e. The third-order valence-corrected chi connectivity index (χ3v) is 4.00. The molecular formula is C12H19F2NO3. The highest BCUT2D eigenvalue weighted by molar-refractivity contribution is 5.79. The van der Waals surface area contributed by atoms with E-state index in [0.717, 1.165) is 0 Å². The van der Waals surface area contributed by atoms with Crippen LogP contribution in [0.3, 0.4) is 0 Å². The lowest BCUT2D eigenvalue weighted by molar-refractivity contribution is -0.127. The Morgan fingerprint density at radius 3 is 2.72 bits per heavy atom. The maximum absolute atomic E-state index is 13.0. The molecule has 3 unspecified atom stereocenters. The molecule has 2 aliphatic rings. The van der Waals surface area contributed by atoms with Gasteiger partial charge in [-0.05, 0) is 13.3 Å². The smallest absolute Gasteiger partial charge is 0.248 e. The molecule has 4 nitrogen and oxygen atoms in total. The molecule has 2 fully saturated rings. The Kier molecular flexibility index (Phi) is 3.60. The normalized spacial score (nSPS) is 38.9. The fourth-order valence-corrected chi connectivity index (χ4v) is 2.56. The van der Waals surface area contributed by atoms with Crippen LogP contribution in [0.15, 0.2) is 0 Å². The van der Waals surface area contributed by atoms with Gasteiger partial charge in [0.25, 0.3) is 0 Å². The third kappa shape index (κ3) is 2.80. The predicted octanol–water partition coefficient (Wildman–Crippen LogP) is 1.08. The summed E-state index contributed by atoms with van der Waals surface area (Å²) in [4.78, 5) is 11.7. The van der Waals surface area contributed by atoms with Gasteiger partial charge in [-0.15, -0.1) is 0 Å². The molecular weight excluding hydrogens is 244 g/mol. The van der Waals surface area contributed by atoms with Crippen LogP contribution < -0.4 is 5.32 Å². The van der Waals surface area contributed by atoms with E-state index >= 15 is 0 Å². The molecule has 1 aliphatic heterocycles. The molecule has 18 heavy (non-hydrogen) atoms. The first-order valence-electron chi connectivity index (χ1n) is 6.32. The van der Waals surface area contributed by atoms with Gasteiger partial charge in [-0.3, -0.25) is 4.79 Å². The second-order valence-corrected chi connectivity index (χ2v) is 5.38. The molecule has 6 heteroatoms. The van der Waals surface area contributed by atoms with Gasteiger partial charge in [-0.25, -0.2) is 8.78 Å². The van der Waals surface area contributed by atoms with E-state index in [0.29, 0.717) is 13.0 Å². The molecule has 1 amide bonds. The van der Waals surface area contributed by atoms with Crippen LogP contribution in [0.1, 0.15) is 32.6 Å². The van der Waals surface area contributed by atoms with Gasteiger partial charge in [0.2, 0.25) is 11.8 Å². The second-order valence-electron chi connectivity index (χ2n) is 5.38. The van der Waals surface area contributed by atoms with E-state index in [1.54, 1.807) is 6.92 Å². The van der Waals surface area contributed by atoms with E-state index in [1.165, 1.54) is 0 Å². The van der Waals surface area contributed by atoms with Crippen LogP contribution in [0.5, 0.6) is 0 Å². The minimum atomic E-state index is -2.72. The molecule has 0 aromatic rings. The zero-order valence-corrected chi connectivity index (χ0v) is 10.4. The number of alkyl halides is 2. The standard InChI is InChI=1S/C12H19F2NO3/c1-8-11(17,4-5-18-8)7-15-10(16)9-2-3-12(13,14)6-9/h8-9,17H,2-7H2,1H3,(H,15,16). The Morgan fingerprint density at radius 1 is 1.50 bits per heavy atom. The summed E-state index contributed by atoms with van der Waals surface area (Å²) in [6.07, 6.45) is -0.292. The Bertz CT molecular complexity index is 337. The SMILES string of the molecule is CC1OCCC1(O)CNC(=O)C1CCC(F)(F)C1. The summed E-state index contributed by atoms with van der Waals surface area (Å²) in [6, 6.07) is 0. The van der Waals surface area contributed by atoms with E-state index in [1.807, 2.05) is 0 Å². The summed E-state index contributed by atoms with van der Waals surface area (Å²) in [6.45, 7) is 2.26. The van der Waals surface area contributed by atoms with Crippen LogP contribution >= 0.6 is 0 Å². The van der Waals surface area contributed by atoms with Crippen molar-refractivity contribution in [3.05, 3.63) is 0 Å². The van der Waals surface area contributed by atoms with Crippen molar-refractivity contribution in [2.45, 2.75) is 50.2 Å². The van der Waals surface area contributed by atoms with E-state index < -0.39 is 17.4 Å². The fourth-order valence-electron chi connectivity index (χ4n) is 2.56. The molecule has 0 bridgehead atoms. The summed E-state index contributed by atoms with van der Waals surface area (Å²) < 4.78 is 31.2. The maximum atomic E-state index is 13.0. The van der Waals surface area contributed by atoms with Crippen LogP contribution in [0.25, 0.3) is 0 Å². The minimum absolute atomic E-state index is 0.0646. The van der Waals surface area contributed by atoms with Gasteiger partial charge < -0.3 is 15.2 Å². The number of nitrogens with one attached hydrogen (secondary N) is 1. The van der Waals surface area contributed by atoms with E-state index in [4.69, 9.17) is 4.74 Å². The van der Waals surface area contributed by atoms with Crippen molar-refractivity contribution in [2.24, 2.45) is 5.92 Å². The van der Waals surface area contributed by atoms with Crippen LogP contribution in [0.2, 0.25) is 0 Å². The third-order valence-electron chi connectivity index (χ3n) is 4.00. The number of amides is 1. The number of halogens is 2. The molecule has 3 atom stereocenters. The highest BCUT2D eigenvalue weighted by atomic mass is 19.3. The lowest BCUT2D eigenvalue weighted by Gasteiger charge is -2.26.